The summed E-state index contributed by atoms with van der Waals surface area (Å²) in [6.07, 6.45) is 12.8. The quantitative estimate of drug-likeness (QED) is 0.166. The third-order valence-electron chi connectivity index (χ3n) is 12.3. The molecule has 0 aliphatic heterocycles. The number of anilines is 3. The van der Waals surface area contributed by atoms with E-state index in [1.165, 1.54) is 77.1 Å². The van der Waals surface area contributed by atoms with E-state index in [0.29, 0.717) is 5.92 Å². The minimum Gasteiger partial charge on any atom is -0.310 e. The second kappa shape index (κ2) is 12.4. The first kappa shape index (κ1) is 31.7. The van der Waals surface area contributed by atoms with Crippen LogP contribution in [0.15, 0.2) is 175 Å². The van der Waals surface area contributed by atoms with Gasteiger partial charge in [0.1, 0.15) is 0 Å². The zero-order valence-electron chi connectivity index (χ0n) is 30.7. The van der Waals surface area contributed by atoms with E-state index in [1.807, 2.05) is 6.08 Å². The zero-order chi connectivity index (χ0) is 36.6. The highest BCUT2D eigenvalue weighted by atomic mass is 15.1. The summed E-state index contributed by atoms with van der Waals surface area (Å²) in [7, 11) is 0. The number of para-hydroxylation sites is 2. The van der Waals surface area contributed by atoms with Crippen LogP contribution < -0.4 is 4.90 Å². The van der Waals surface area contributed by atoms with Crippen LogP contribution in [0.4, 0.5) is 17.1 Å². The standard InChI is InChI=1S/C53H38N2/c1-3-15-44-42-30-28-37(33-48(42)53-39-24-14-25-46(53)41-21-9-10-23-45(41)52(44)34(39)2)54(49-27-13-17-35-16-7-8-20-40(35)49)38-29-31-51-47(32-38)43-22-11-12-26-50(43)55(51)36-18-5-4-6-19-36/h1,4-13,15-24,26-34,52H,14,25H2,2H3/b44-15-. The normalized spacial score (nSPS) is 17.8. The van der Waals surface area contributed by atoms with Crippen LogP contribution in [0.5, 0.6) is 0 Å². The fourth-order valence-electron chi connectivity index (χ4n) is 10.0. The van der Waals surface area contributed by atoms with E-state index in [2.05, 4.69) is 186 Å². The van der Waals surface area contributed by atoms with E-state index in [9.17, 15) is 0 Å². The number of terminal acetylenes is 1. The van der Waals surface area contributed by atoms with Gasteiger partial charge in [-0.05, 0) is 129 Å². The maximum absolute atomic E-state index is 6.15. The minimum absolute atomic E-state index is 0.176. The molecule has 0 radical (unpaired) electrons. The Morgan fingerprint density at radius 3 is 2.27 bits per heavy atom. The van der Waals surface area contributed by atoms with Crippen LogP contribution in [0.25, 0.3) is 55.0 Å². The Morgan fingerprint density at radius 2 is 1.38 bits per heavy atom. The Morgan fingerprint density at radius 1 is 0.655 bits per heavy atom. The summed E-state index contributed by atoms with van der Waals surface area (Å²) >= 11 is 0. The number of hydrogen-bond acceptors (Lipinski definition) is 1. The number of fused-ring (bicyclic) bond motifs is 9. The summed E-state index contributed by atoms with van der Waals surface area (Å²) in [5, 5.41) is 4.88. The van der Waals surface area contributed by atoms with Gasteiger partial charge in [-0.2, -0.15) is 0 Å². The molecule has 2 unspecified atom stereocenters. The predicted octanol–water partition coefficient (Wildman–Crippen LogP) is 13.8. The smallest absolute Gasteiger partial charge is 0.0542 e. The summed E-state index contributed by atoms with van der Waals surface area (Å²) in [6, 6.07) is 58.0. The van der Waals surface area contributed by atoms with Gasteiger partial charge in [-0.25, -0.2) is 0 Å². The monoisotopic (exact) mass is 702 g/mol. The molecular formula is C53H38N2. The first-order valence-corrected chi connectivity index (χ1v) is 19.4. The van der Waals surface area contributed by atoms with Crippen molar-refractivity contribution < 1.29 is 0 Å². The molecular weight excluding hydrogens is 665 g/mol. The van der Waals surface area contributed by atoms with Crippen molar-refractivity contribution in [2.75, 3.05) is 4.90 Å². The van der Waals surface area contributed by atoms with E-state index >= 15 is 0 Å². The van der Waals surface area contributed by atoms with E-state index < -0.39 is 0 Å². The first-order valence-electron chi connectivity index (χ1n) is 19.4. The number of nitrogens with zero attached hydrogens (tertiary/aromatic N) is 2. The average molecular weight is 703 g/mol. The molecule has 4 bridgehead atoms. The molecule has 3 aliphatic rings. The van der Waals surface area contributed by atoms with Crippen molar-refractivity contribution in [1.82, 2.24) is 4.57 Å². The van der Waals surface area contributed by atoms with Crippen molar-refractivity contribution >= 4 is 66.4 Å². The summed E-state index contributed by atoms with van der Waals surface area (Å²) < 4.78 is 2.39. The van der Waals surface area contributed by atoms with Crippen LogP contribution in [0, 0.1) is 18.3 Å². The second-order valence-corrected chi connectivity index (χ2v) is 15.1. The van der Waals surface area contributed by atoms with E-state index in [0.717, 1.165) is 35.6 Å². The van der Waals surface area contributed by atoms with Crippen molar-refractivity contribution in [2.24, 2.45) is 5.92 Å². The highest BCUT2D eigenvalue weighted by molar-refractivity contribution is 6.12. The Hall–Kier alpha value is -6.82. The van der Waals surface area contributed by atoms with Gasteiger partial charge in [-0.15, -0.1) is 6.42 Å². The number of allylic oxidation sites excluding steroid dienone is 6. The lowest BCUT2D eigenvalue weighted by Gasteiger charge is -2.30. The Labute approximate surface area is 322 Å². The fraction of sp³-hybridized carbons (Fsp3) is 0.0943. The summed E-state index contributed by atoms with van der Waals surface area (Å²) in [5.74, 6) is 3.43. The lowest BCUT2D eigenvalue weighted by atomic mass is 9.76. The van der Waals surface area contributed by atoms with Crippen LogP contribution in [0.3, 0.4) is 0 Å². The van der Waals surface area contributed by atoms with Crippen LogP contribution in [0.2, 0.25) is 0 Å². The van der Waals surface area contributed by atoms with Gasteiger partial charge in [0.2, 0.25) is 0 Å². The molecule has 0 spiro atoms. The number of rotatable bonds is 4. The third kappa shape index (κ3) is 4.70. The molecule has 1 heterocycles. The fourth-order valence-corrected chi connectivity index (χ4v) is 10.0. The molecule has 0 fully saturated rings. The molecule has 0 N–H and O–H groups in total. The third-order valence-corrected chi connectivity index (χ3v) is 12.3. The van der Waals surface area contributed by atoms with Gasteiger partial charge in [0.25, 0.3) is 0 Å². The van der Waals surface area contributed by atoms with Crippen molar-refractivity contribution in [1.29, 1.82) is 0 Å². The molecule has 7 aromatic carbocycles. The maximum atomic E-state index is 6.15. The van der Waals surface area contributed by atoms with Gasteiger partial charge in [-0.3, -0.25) is 0 Å². The lowest BCUT2D eigenvalue weighted by Crippen LogP contribution is -2.13. The minimum atomic E-state index is 0.176. The molecule has 55 heavy (non-hydrogen) atoms. The Kier molecular flexibility index (Phi) is 7.13. The lowest BCUT2D eigenvalue weighted by molar-refractivity contribution is 0.638. The van der Waals surface area contributed by atoms with Gasteiger partial charge in [0.05, 0.1) is 16.7 Å². The van der Waals surface area contributed by atoms with Crippen LogP contribution in [-0.2, 0) is 0 Å². The molecule has 11 rings (SSSR count). The molecule has 8 aromatic rings. The summed E-state index contributed by atoms with van der Waals surface area (Å²) in [5.41, 5.74) is 17.8. The summed E-state index contributed by atoms with van der Waals surface area (Å²) in [6.45, 7) is 2.40. The first-order chi connectivity index (χ1) is 27.2. The van der Waals surface area contributed by atoms with Crippen LogP contribution >= 0.6 is 0 Å². The van der Waals surface area contributed by atoms with Gasteiger partial charge in [-0.1, -0.05) is 122 Å². The summed E-state index contributed by atoms with van der Waals surface area (Å²) in [4.78, 5) is 2.47. The molecule has 0 amide bonds. The second-order valence-electron chi connectivity index (χ2n) is 15.1. The van der Waals surface area contributed by atoms with E-state index in [4.69, 9.17) is 6.42 Å². The van der Waals surface area contributed by atoms with Crippen molar-refractivity contribution in [3.63, 3.8) is 0 Å². The Bertz CT molecular complexity index is 3010. The molecule has 1 aromatic heterocycles. The molecule has 0 saturated carbocycles. The maximum Gasteiger partial charge on any atom is 0.0542 e. The predicted molar refractivity (Wildman–Crippen MR) is 232 cm³/mol. The topological polar surface area (TPSA) is 8.17 Å². The van der Waals surface area contributed by atoms with Gasteiger partial charge >= 0.3 is 0 Å². The van der Waals surface area contributed by atoms with Crippen molar-refractivity contribution in [3.05, 3.63) is 198 Å². The van der Waals surface area contributed by atoms with Gasteiger partial charge in [0.15, 0.2) is 0 Å². The van der Waals surface area contributed by atoms with Crippen molar-refractivity contribution in [3.8, 4) is 18.0 Å². The van der Waals surface area contributed by atoms with Gasteiger partial charge < -0.3 is 9.47 Å². The molecule has 2 nitrogen and oxygen atoms in total. The van der Waals surface area contributed by atoms with Crippen LogP contribution in [0.1, 0.15) is 47.9 Å². The number of hydrogen-bond donors (Lipinski definition) is 0. The largest absolute Gasteiger partial charge is 0.310 e. The SMILES string of the molecule is C#C/C=C1/c2ccc(N(c3ccc4c(c3)c3ccccc3n4-c3ccccc3)c3cccc4ccccc34)cc2C2=C3CCC=C2C(C)C1c1ccccc13. The number of aromatic nitrogens is 1. The van der Waals surface area contributed by atoms with E-state index in [-0.39, 0.29) is 5.92 Å². The van der Waals surface area contributed by atoms with E-state index in [1.54, 1.807) is 0 Å². The average Bonchev–Trinajstić information content (AvgIpc) is 3.50. The Balaban J connectivity index is 1.20. The highest BCUT2D eigenvalue weighted by Crippen LogP contribution is 2.58. The van der Waals surface area contributed by atoms with Gasteiger partial charge in [0, 0.05) is 39.1 Å². The molecule has 2 heteroatoms. The molecule has 2 atom stereocenters. The van der Waals surface area contributed by atoms with Crippen molar-refractivity contribution in [2.45, 2.75) is 25.7 Å². The molecule has 260 valence electrons. The molecule has 3 aliphatic carbocycles. The highest BCUT2D eigenvalue weighted by Gasteiger charge is 2.40. The van der Waals surface area contributed by atoms with Crippen LogP contribution in [-0.4, -0.2) is 4.57 Å². The molecule has 0 saturated heterocycles. The zero-order valence-corrected chi connectivity index (χ0v) is 30.7. The number of benzene rings is 7.